The molecule has 7 nitrogen and oxygen atoms in total. The fourth-order valence-corrected chi connectivity index (χ4v) is 5.67. The Labute approximate surface area is 198 Å². The number of nitrogens with zero attached hydrogens (tertiary/aromatic N) is 2. The van der Waals surface area contributed by atoms with Gasteiger partial charge in [0.25, 0.3) is 5.56 Å². The van der Waals surface area contributed by atoms with Crippen molar-refractivity contribution >= 4 is 16.8 Å². The predicted molar refractivity (Wildman–Crippen MR) is 113 cm³/mol. The molecule has 0 radical (unpaired) electrons. The Bertz CT molecular complexity index is 1510. The predicted octanol–water partition coefficient (Wildman–Crippen LogP) is 3.65. The van der Waals surface area contributed by atoms with Crippen molar-refractivity contribution in [2.75, 3.05) is 0 Å². The zero-order valence-electron chi connectivity index (χ0n) is 18.5. The highest BCUT2D eigenvalue weighted by atomic mass is 19.4. The van der Waals surface area contributed by atoms with E-state index >= 15 is 0 Å². The zero-order chi connectivity index (χ0) is 26.2. The third-order valence-corrected chi connectivity index (χ3v) is 7.26. The molecule has 13 heteroatoms. The molecule has 2 bridgehead atoms. The van der Waals surface area contributed by atoms with E-state index in [4.69, 9.17) is 0 Å². The molecule has 1 amide bonds. The minimum atomic E-state index is -4.53. The Hall–Kier alpha value is -3.64. The van der Waals surface area contributed by atoms with E-state index < -0.39 is 83.0 Å². The van der Waals surface area contributed by atoms with Crippen molar-refractivity contribution in [3.8, 4) is 0 Å². The van der Waals surface area contributed by atoms with Gasteiger partial charge in [-0.3, -0.25) is 14.6 Å². The molecule has 3 fully saturated rings. The smallest absolute Gasteiger partial charge is 0.346 e. The van der Waals surface area contributed by atoms with Gasteiger partial charge >= 0.3 is 11.9 Å². The lowest BCUT2D eigenvalue weighted by Gasteiger charge is -2.72. The number of H-pyrrole nitrogens is 1. The minimum absolute atomic E-state index is 0.0166. The number of carbonyl (C=O) groups is 1. The monoisotopic (exact) mass is 512 g/mol. The number of amides is 1. The van der Waals surface area contributed by atoms with Gasteiger partial charge in [0, 0.05) is 11.5 Å². The molecular weight excluding hydrogens is 494 g/mol. The number of hydrogen-bond acceptors (Lipinski definition) is 4. The quantitative estimate of drug-likeness (QED) is 0.510. The van der Waals surface area contributed by atoms with E-state index in [0.717, 1.165) is 24.4 Å². The zero-order valence-corrected chi connectivity index (χ0v) is 18.5. The summed E-state index contributed by atoms with van der Waals surface area (Å²) in [5.41, 5.74) is -5.87. The van der Waals surface area contributed by atoms with Gasteiger partial charge in [-0.25, -0.2) is 22.5 Å². The van der Waals surface area contributed by atoms with Gasteiger partial charge in [-0.05, 0) is 44.4 Å². The highest BCUT2D eigenvalue weighted by molar-refractivity contribution is 5.83. The van der Waals surface area contributed by atoms with Crippen molar-refractivity contribution in [2.45, 2.75) is 44.4 Å². The van der Waals surface area contributed by atoms with Gasteiger partial charge in [0.05, 0.1) is 34.3 Å². The molecule has 0 spiro atoms. The van der Waals surface area contributed by atoms with Crippen molar-refractivity contribution in [2.24, 2.45) is 10.8 Å². The van der Waals surface area contributed by atoms with Crippen LogP contribution in [0.5, 0.6) is 0 Å². The summed E-state index contributed by atoms with van der Waals surface area (Å²) in [5.74, 6) is -3.85. The molecule has 190 valence electrons. The van der Waals surface area contributed by atoms with E-state index in [1.807, 2.05) is 0 Å². The van der Waals surface area contributed by atoms with Gasteiger partial charge in [-0.2, -0.15) is 13.2 Å². The maximum atomic E-state index is 14.2. The fraction of sp³-hybridized carbons (Fsp3) is 0.391. The Kier molecular flexibility index (Phi) is 5.13. The first-order valence-electron chi connectivity index (χ1n) is 10.9. The largest absolute Gasteiger partial charge is 0.394 e. The first-order valence-corrected chi connectivity index (χ1v) is 10.9. The molecule has 1 unspecified atom stereocenters. The third-order valence-electron chi connectivity index (χ3n) is 7.26. The molecule has 1 aromatic carbocycles. The summed E-state index contributed by atoms with van der Waals surface area (Å²) in [6.45, 7) is 1.31. The van der Waals surface area contributed by atoms with Crippen molar-refractivity contribution in [1.29, 1.82) is 0 Å². The van der Waals surface area contributed by atoms with Crippen molar-refractivity contribution in [3.05, 3.63) is 74.4 Å². The number of halogens is 6. The Morgan fingerprint density at radius 3 is 2.39 bits per heavy atom. The fourth-order valence-electron chi connectivity index (χ4n) is 5.67. The standard InChI is InChI=1S/C23H18F6N4O3/c1-10(16-14(26)5-12(25)6-30-16)31-18(34)17(21-7-22(8-21,9-21)23(27,28)29)33-19(35)13-4-11(24)2-3-15(13)32-20(33)36/h2-6,10,17H,7-9H2,1H3,(H,31,34)(H,32,36)/t10-,17?,21?,22?/m1/s1. The van der Waals surface area contributed by atoms with Gasteiger partial charge in [0.1, 0.15) is 23.5 Å². The highest BCUT2D eigenvalue weighted by Crippen LogP contribution is 2.81. The molecule has 6 rings (SSSR count). The van der Waals surface area contributed by atoms with E-state index in [0.29, 0.717) is 10.6 Å². The van der Waals surface area contributed by atoms with E-state index in [9.17, 15) is 40.7 Å². The van der Waals surface area contributed by atoms with Crippen LogP contribution < -0.4 is 16.6 Å². The molecule has 3 aromatic rings. The average Bonchev–Trinajstić information content (AvgIpc) is 2.70. The Morgan fingerprint density at radius 1 is 1.11 bits per heavy atom. The van der Waals surface area contributed by atoms with Crippen LogP contribution in [0, 0.1) is 28.3 Å². The molecule has 3 saturated carbocycles. The summed E-state index contributed by atoms with van der Waals surface area (Å²) in [4.78, 5) is 45.5. The molecule has 3 aliphatic carbocycles. The summed E-state index contributed by atoms with van der Waals surface area (Å²) in [6, 6.07) is 0.667. The number of hydrogen-bond donors (Lipinski definition) is 2. The molecule has 0 saturated heterocycles. The van der Waals surface area contributed by atoms with Gasteiger partial charge in [0.15, 0.2) is 0 Å². The van der Waals surface area contributed by atoms with Crippen molar-refractivity contribution in [1.82, 2.24) is 19.9 Å². The molecule has 2 heterocycles. The van der Waals surface area contributed by atoms with Gasteiger partial charge in [0.2, 0.25) is 5.91 Å². The second-order valence-corrected chi connectivity index (χ2v) is 9.62. The summed E-state index contributed by atoms with van der Waals surface area (Å²) in [5, 5.41) is 2.11. The second kappa shape index (κ2) is 7.68. The van der Waals surface area contributed by atoms with Crippen LogP contribution in [0.1, 0.15) is 44.0 Å². The number of aromatic amines is 1. The average molecular weight is 512 g/mol. The maximum Gasteiger partial charge on any atom is 0.394 e. The molecule has 0 aliphatic heterocycles. The maximum absolute atomic E-state index is 14.2. The number of pyridine rings is 1. The number of aromatic nitrogens is 3. The van der Waals surface area contributed by atoms with Crippen molar-refractivity contribution in [3.63, 3.8) is 0 Å². The lowest BCUT2D eigenvalue weighted by atomic mass is 9.32. The molecule has 3 aliphatic rings. The third kappa shape index (κ3) is 3.43. The summed E-state index contributed by atoms with van der Waals surface area (Å²) < 4.78 is 82.3. The topological polar surface area (TPSA) is 96.9 Å². The van der Waals surface area contributed by atoms with Crippen LogP contribution >= 0.6 is 0 Å². The first kappa shape index (κ1) is 24.1. The molecule has 2 aromatic heterocycles. The van der Waals surface area contributed by atoms with E-state index in [2.05, 4.69) is 15.3 Å². The van der Waals surface area contributed by atoms with Crippen LogP contribution in [0.25, 0.3) is 10.9 Å². The number of nitrogens with one attached hydrogen (secondary N) is 2. The minimum Gasteiger partial charge on any atom is -0.346 e. The summed E-state index contributed by atoms with van der Waals surface area (Å²) in [7, 11) is 0. The summed E-state index contributed by atoms with van der Waals surface area (Å²) >= 11 is 0. The number of carbonyl (C=O) groups excluding carboxylic acids is 1. The normalized spacial score (nSPS) is 24.5. The van der Waals surface area contributed by atoms with Gasteiger partial charge in [-0.15, -0.1) is 0 Å². The van der Waals surface area contributed by atoms with Crippen LogP contribution in [0.3, 0.4) is 0 Å². The molecular formula is C23H18F6N4O3. The number of rotatable bonds is 5. The van der Waals surface area contributed by atoms with Crippen LogP contribution in [0.15, 0.2) is 40.1 Å². The first-order chi connectivity index (χ1) is 16.8. The van der Waals surface area contributed by atoms with E-state index in [1.165, 1.54) is 6.92 Å². The van der Waals surface area contributed by atoms with Crippen molar-refractivity contribution < 1.29 is 31.1 Å². The van der Waals surface area contributed by atoms with Gasteiger partial charge in [-0.1, -0.05) is 0 Å². The Balaban J connectivity index is 1.58. The highest BCUT2D eigenvalue weighted by Gasteiger charge is 2.81. The molecule has 2 atom stereocenters. The Morgan fingerprint density at radius 2 is 1.78 bits per heavy atom. The lowest BCUT2D eigenvalue weighted by Crippen LogP contribution is -2.73. The van der Waals surface area contributed by atoms with Gasteiger partial charge < -0.3 is 10.3 Å². The summed E-state index contributed by atoms with van der Waals surface area (Å²) in [6.07, 6.45) is -5.29. The lowest BCUT2D eigenvalue weighted by molar-refractivity contribution is -0.370. The number of alkyl halides is 3. The number of fused-ring (bicyclic) bond motifs is 1. The molecule has 36 heavy (non-hydrogen) atoms. The molecule has 2 N–H and O–H groups in total. The SMILES string of the molecule is C[C@@H](NC(=O)C(n1c(=O)[nH]c2ccc(F)cc2c1=O)C12CC(C(F)(F)F)(C1)C2)c1ncc(F)cc1F. The van der Waals surface area contributed by atoms with Crippen LogP contribution in [0.2, 0.25) is 0 Å². The second-order valence-electron chi connectivity index (χ2n) is 9.62. The van der Waals surface area contributed by atoms with E-state index in [-0.39, 0.29) is 16.6 Å². The van der Waals surface area contributed by atoms with Crippen LogP contribution in [0.4, 0.5) is 26.3 Å². The van der Waals surface area contributed by atoms with Crippen LogP contribution in [-0.4, -0.2) is 26.6 Å². The van der Waals surface area contributed by atoms with E-state index in [1.54, 1.807) is 0 Å². The van der Waals surface area contributed by atoms with Crippen LogP contribution in [-0.2, 0) is 4.79 Å². The number of benzene rings is 1.